The SMILES string of the molecule is COC(=O)[C@@H]1[C@@H](c2ccccc2)C2(C(=O)c3ccccc3C2=O)[C@H]2C=Cc3ccccc3N12. The lowest BCUT2D eigenvalue weighted by Gasteiger charge is -2.36. The Kier molecular flexibility index (Phi) is 4.18. The minimum atomic E-state index is -1.46. The first-order valence-corrected chi connectivity index (χ1v) is 11.0. The fraction of sp³-hybridized carbons (Fsp3) is 0.179. The number of anilines is 1. The third kappa shape index (κ3) is 2.39. The summed E-state index contributed by atoms with van der Waals surface area (Å²) < 4.78 is 5.27. The summed E-state index contributed by atoms with van der Waals surface area (Å²) in [6.07, 6.45) is 3.85. The number of hydrogen-bond donors (Lipinski definition) is 0. The monoisotopic (exact) mass is 435 g/mol. The Morgan fingerprint density at radius 2 is 1.45 bits per heavy atom. The van der Waals surface area contributed by atoms with E-state index in [1.807, 2.05) is 71.6 Å². The van der Waals surface area contributed by atoms with E-state index in [-0.39, 0.29) is 11.6 Å². The number of hydrogen-bond acceptors (Lipinski definition) is 5. The first kappa shape index (κ1) is 19.7. The van der Waals surface area contributed by atoms with Gasteiger partial charge in [-0.1, -0.05) is 84.9 Å². The third-order valence-electron chi connectivity index (χ3n) is 7.31. The van der Waals surface area contributed by atoms with Crippen LogP contribution in [0.2, 0.25) is 0 Å². The first-order valence-electron chi connectivity index (χ1n) is 11.0. The van der Waals surface area contributed by atoms with Gasteiger partial charge in [0.2, 0.25) is 0 Å². The van der Waals surface area contributed by atoms with Crippen molar-refractivity contribution in [3.63, 3.8) is 0 Å². The second kappa shape index (κ2) is 7.01. The average molecular weight is 435 g/mol. The fourth-order valence-electron chi connectivity index (χ4n) is 6.04. The van der Waals surface area contributed by atoms with Crippen LogP contribution in [-0.4, -0.2) is 36.7 Å². The topological polar surface area (TPSA) is 63.7 Å². The van der Waals surface area contributed by atoms with E-state index in [0.717, 1.165) is 16.8 Å². The van der Waals surface area contributed by atoms with E-state index in [2.05, 4.69) is 0 Å². The number of Topliss-reactive ketones (excluding diaryl/α,β-unsaturated/α-hetero) is 2. The number of ether oxygens (including phenoxy) is 1. The van der Waals surface area contributed by atoms with E-state index in [1.165, 1.54) is 7.11 Å². The van der Waals surface area contributed by atoms with E-state index in [0.29, 0.717) is 11.1 Å². The van der Waals surface area contributed by atoms with Crippen LogP contribution in [0.4, 0.5) is 5.69 Å². The molecule has 3 aromatic rings. The van der Waals surface area contributed by atoms with Crippen LogP contribution in [0.3, 0.4) is 0 Å². The fourth-order valence-corrected chi connectivity index (χ4v) is 6.04. The van der Waals surface area contributed by atoms with Crippen LogP contribution in [0.1, 0.15) is 37.8 Å². The molecular weight excluding hydrogens is 414 g/mol. The van der Waals surface area contributed by atoms with Gasteiger partial charge in [-0.15, -0.1) is 0 Å². The molecule has 1 spiro atoms. The number of methoxy groups -OCH3 is 1. The van der Waals surface area contributed by atoms with Crippen molar-refractivity contribution >= 4 is 29.3 Å². The van der Waals surface area contributed by atoms with Gasteiger partial charge >= 0.3 is 5.97 Å². The molecule has 0 saturated carbocycles. The lowest BCUT2D eigenvalue weighted by atomic mass is 9.65. The molecule has 3 aliphatic rings. The molecule has 0 aromatic heterocycles. The molecule has 3 atom stereocenters. The highest BCUT2D eigenvalue weighted by molar-refractivity contribution is 6.32. The summed E-state index contributed by atoms with van der Waals surface area (Å²) in [7, 11) is 1.35. The summed E-state index contributed by atoms with van der Waals surface area (Å²) in [5, 5.41) is 0. The van der Waals surface area contributed by atoms with Gasteiger partial charge in [0, 0.05) is 22.7 Å². The van der Waals surface area contributed by atoms with Crippen LogP contribution in [0.25, 0.3) is 6.08 Å². The van der Waals surface area contributed by atoms with E-state index in [4.69, 9.17) is 4.74 Å². The molecule has 2 heterocycles. The predicted octanol–water partition coefficient (Wildman–Crippen LogP) is 4.29. The van der Waals surface area contributed by atoms with E-state index in [1.54, 1.807) is 24.3 Å². The molecule has 3 aromatic carbocycles. The quantitative estimate of drug-likeness (QED) is 0.444. The number of ketones is 2. The molecule has 0 unspecified atom stereocenters. The molecule has 162 valence electrons. The molecule has 0 radical (unpaired) electrons. The van der Waals surface area contributed by atoms with Crippen LogP contribution < -0.4 is 4.90 Å². The van der Waals surface area contributed by atoms with Crippen molar-refractivity contribution < 1.29 is 19.1 Å². The molecule has 0 bridgehead atoms. The summed E-state index contributed by atoms with van der Waals surface area (Å²) in [6, 6.07) is 22.6. The minimum Gasteiger partial charge on any atom is -0.467 e. The lowest BCUT2D eigenvalue weighted by Crippen LogP contribution is -2.48. The highest BCUT2D eigenvalue weighted by atomic mass is 16.5. The van der Waals surface area contributed by atoms with Crippen LogP contribution in [0, 0.1) is 5.41 Å². The van der Waals surface area contributed by atoms with E-state index in [9.17, 15) is 14.4 Å². The van der Waals surface area contributed by atoms with Crippen molar-refractivity contribution in [2.24, 2.45) is 5.41 Å². The summed E-state index contributed by atoms with van der Waals surface area (Å²) in [6.45, 7) is 0. The molecule has 6 rings (SSSR count). The van der Waals surface area contributed by atoms with Crippen molar-refractivity contribution in [1.29, 1.82) is 0 Å². The number of esters is 1. The standard InChI is InChI=1S/C28H21NO4/c1-33-27(32)24-23(18-10-3-2-4-11-18)28(25(30)19-12-6-7-13-20(19)26(28)31)22-16-15-17-9-5-8-14-21(17)29(22)24/h2-16,22-24H,1H3/t22-,23-,24+/m1/s1. The summed E-state index contributed by atoms with van der Waals surface area (Å²) >= 11 is 0. The second-order valence-electron chi connectivity index (χ2n) is 8.70. The maximum absolute atomic E-state index is 14.2. The van der Waals surface area contributed by atoms with Crippen molar-refractivity contribution in [3.05, 3.63) is 107 Å². The lowest BCUT2D eigenvalue weighted by molar-refractivity contribution is -0.142. The number of rotatable bonds is 2. The zero-order chi connectivity index (χ0) is 22.7. The second-order valence-corrected chi connectivity index (χ2v) is 8.70. The maximum atomic E-state index is 14.2. The summed E-state index contributed by atoms with van der Waals surface area (Å²) in [5.74, 6) is -1.64. The maximum Gasteiger partial charge on any atom is 0.329 e. The van der Waals surface area contributed by atoms with Crippen LogP contribution >= 0.6 is 0 Å². The summed E-state index contributed by atoms with van der Waals surface area (Å²) in [5.41, 5.74) is 1.88. The number of carbonyl (C=O) groups is 3. The van der Waals surface area contributed by atoms with E-state index < -0.39 is 29.4 Å². The number of benzene rings is 3. The van der Waals surface area contributed by atoms with Crippen molar-refractivity contribution in [3.8, 4) is 0 Å². The van der Waals surface area contributed by atoms with Gasteiger partial charge in [-0.25, -0.2) is 4.79 Å². The Morgan fingerprint density at radius 1 is 0.848 bits per heavy atom. The Hall–Kier alpha value is -3.99. The minimum absolute atomic E-state index is 0.234. The van der Waals surface area contributed by atoms with Crippen molar-refractivity contribution in [2.75, 3.05) is 12.0 Å². The normalized spacial score (nSPS) is 23.9. The van der Waals surface area contributed by atoms with Crippen molar-refractivity contribution in [1.82, 2.24) is 0 Å². The zero-order valence-electron chi connectivity index (χ0n) is 18.0. The van der Waals surface area contributed by atoms with Gasteiger partial charge in [0.1, 0.15) is 11.5 Å². The summed E-state index contributed by atoms with van der Waals surface area (Å²) in [4.78, 5) is 43.7. The molecule has 2 aliphatic heterocycles. The predicted molar refractivity (Wildman–Crippen MR) is 124 cm³/mol. The highest BCUT2D eigenvalue weighted by Gasteiger charge is 2.71. The van der Waals surface area contributed by atoms with Crippen LogP contribution in [0.15, 0.2) is 84.9 Å². The molecule has 1 aliphatic carbocycles. The Morgan fingerprint density at radius 3 is 2.12 bits per heavy atom. The molecule has 5 heteroatoms. The van der Waals surface area contributed by atoms with E-state index >= 15 is 0 Å². The first-order chi connectivity index (χ1) is 16.1. The molecule has 0 N–H and O–H groups in total. The average Bonchev–Trinajstić information content (AvgIpc) is 3.31. The zero-order valence-corrected chi connectivity index (χ0v) is 18.0. The Bertz CT molecular complexity index is 1310. The highest BCUT2D eigenvalue weighted by Crippen LogP contribution is 2.60. The molecular formula is C28H21NO4. The number of carbonyl (C=O) groups excluding carboxylic acids is 3. The number of para-hydroxylation sites is 1. The van der Waals surface area contributed by atoms with Crippen LogP contribution in [-0.2, 0) is 9.53 Å². The largest absolute Gasteiger partial charge is 0.467 e. The van der Waals surface area contributed by atoms with Crippen molar-refractivity contribution in [2.45, 2.75) is 18.0 Å². The van der Waals surface area contributed by atoms with Gasteiger partial charge in [-0.05, 0) is 17.2 Å². The smallest absolute Gasteiger partial charge is 0.329 e. The van der Waals surface area contributed by atoms with Gasteiger partial charge in [0.15, 0.2) is 11.6 Å². The van der Waals surface area contributed by atoms with Crippen LogP contribution in [0.5, 0.6) is 0 Å². The third-order valence-corrected chi connectivity index (χ3v) is 7.31. The Labute approximate surface area is 191 Å². The van der Waals surface area contributed by atoms with Gasteiger partial charge in [0.25, 0.3) is 0 Å². The van der Waals surface area contributed by atoms with Gasteiger partial charge < -0.3 is 9.64 Å². The molecule has 1 saturated heterocycles. The number of fused-ring (bicyclic) bond motifs is 5. The molecule has 33 heavy (non-hydrogen) atoms. The van der Waals surface area contributed by atoms with Gasteiger partial charge in [-0.3, -0.25) is 9.59 Å². The van der Waals surface area contributed by atoms with Gasteiger partial charge in [-0.2, -0.15) is 0 Å². The Balaban J connectivity index is 1.69. The molecule has 0 amide bonds. The number of nitrogens with zero attached hydrogens (tertiary/aromatic N) is 1. The van der Waals surface area contributed by atoms with Gasteiger partial charge in [0.05, 0.1) is 13.2 Å². The molecule has 1 fully saturated rings. The molecule has 5 nitrogen and oxygen atoms in total.